The molecular weight excluding hydrogens is 262 g/mol. The van der Waals surface area contributed by atoms with Crippen LogP contribution in [0.3, 0.4) is 0 Å². The zero-order valence-corrected chi connectivity index (χ0v) is 13.2. The van der Waals surface area contributed by atoms with Crippen LogP contribution in [0.4, 0.5) is 0 Å². The molecule has 4 aliphatic carbocycles. The van der Waals surface area contributed by atoms with Crippen LogP contribution in [0.15, 0.2) is 0 Å². The standard InChI is InChI=1S/C17H29N3O/c1-11(20-4-2-18-3-5-20)17(21)19-16-14-7-12-6-13(9-14)10-15(16)8-12/h11-16,18H,2-10H2,1H3,(H,19,21). The summed E-state index contributed by atoms with van der Waals surface area (Å²) in [6.07, 6.45) is 6.98. The van der Waals surface area contributed by atoms with Crippen molar-refractivity contribution < 1.29 is 4.79 Å². The van der Waals surface area contributed by atoms with E-state index in [0.29, 0.717) is 6.04 Å². The Hall–Kier alpha value is -0.610. The second-order valence-corrected chi connectivity index (χ2v) is 7.93. The molecule has 5 fully saturated rings. The molecular formula is C17H29N3O. The topological polar surface area (TPSA) is 44.4 Å². The van der Waals surface area contributed by atoms with Gasteiger partial charge in [-0.1, -0.05) is 0 Å². The molecule has 21 heavy (non-hydrogen) atoms. The predicted molar refractivity (Wildman–Crippen MR) is 82.9 cm³/mol. The molecule has 1 aliphatic heterocycles. The largest absolute Gasteiger partial charge is 0.351 e. The molecule has 0 radical (unpaired) electrons. The lowest BCUT2D eigenvalue weighted by Crippen LogP contribution is -2.59. The first-order valence-corrected chi connectivity index (χ1v) is 8.96. The van der Waals surface area contributed by atoms with E-state index >= 15 is 0 Å². The van der Waals surface area contributed by atoms with Crippen LogP contribution in [0.5, 0.6) is 0 Å². The van der Waals surface area contributed by atoms with Gasteiger partial charge in [0.2, 0.25) is 5.91 Å². The number of rotatable bonds is 3. The highest BCUT2D eigenvalue weighted by Crippen LogP contribution is 2.53. The third kappa shape index (κ3) is 2.61. The molecule has 4 saturated carbocycles. The van der Waals surface area contributed by atoms with Gasteiger partial charge in [0.1, 0.15) is 0 Å². The summed E-state index contributed by atoms with van der Waals surface area (Å²) < 4.78 is 0. The van der Waals surface area contributed by atoms with Crippen LogP contribution < -0.4 is 10.6 Å². The second kappa shape index (κ2) is 5.54. The summed E-state index contributed by atoms with van der Waals surface area (Å²) in [6, 6.07) is 0.514. The number of nitrogens with zero attached hydrogens (tertiary/aromatic N) is 1. The molecule has 5 aliphatic rings. The summed E-state index contributed by atoms with van der Waals surface area (Å²) in [5, 5.41) is 6.82. The molecule has 0 aromatic heterocycles. The Bertz CT molecular complexity index is 377. The molecule has 1 unspecified atom stereocenters. The predicted octanol–water partition coefficient (Wildman–Crippen LogP) is 1.22. The van der Waals surface area contributed by atoms with E-state index in [2.05, 4.69) is 22.5 Å². The van der Waals surface area contributed by atoms with E-state index in [1.807, 2.05) is 0 Å². The maximum Gasteiger partial charge on any atom is 0.237 e. The smallest absolute Gasteiger partial charge is 0.237 e. The molecule has 4 heteroatoms. The third-order valence-corrected chi connectivity index (χ3v) is 6.61. The molecule has 1 atom stereocenters. The third-order valence-electron chi connectivity index (χ3n) is 6.61. The number of nitrogens with one attached hydrogen (secondary N) is 2. The van der Waals surface area contributed by atoms with Crippen molar-refractivity contribution in [1.29, 1.82) is 0 Å². The molecule has 0 spiro atoms. The van der Waals surface area contributed by atoms with Gasteiger partial charge in [-0.25, -0.2) is 0 Å². The van der Waals surface area contributed by atoms with Gasteiger partial charge in [0.25, 0.3) is 0 Å². The number of hydrogen-bond donors (Lipinski definition) is 2. The Morgan fingerprint density at radius 2 is 1.62 bits per heavy atom. The first-order chi connectivity index (χ1) is 10.2. The molecule has 0 aromatic rings. The van der Waals surface area contributed by atoms with Gasteiger partial charge < -0.3 is 10.6 Å². The molecule has 1 amide bonds. The van der Waals surface area contributed by atoms with Crippen molar-refractivity contribution in [3.05, 3.63) is 0 Å². The van der Waals surface area contributed by atoms with Crippen molar-refractivity contribution in [3.63, 3.8) is 0 Å². The van der Waals surface area contributed by atoms with E-state index in [0.717, 1.165) is 49.9 Å². The van der Waals surface area contributed by atoms with Crippen LogP contribution in [-0.4, -0.2) is 49.1 Å². The van der Waals surface area contributed by atoms with Crippen molar-refractivity contribution in [1.82, 2.24) is 15.5 Å². The van der Waals surface area contributed by atoms with Crippen LogP contribution in [0.1, 0.15) is 39.0 Å². The maximum atomic E-state index is 12.7. The van der Waals surface area contributed by atoms with Crippen molar-refractivity contribution in [2.75, 3.05) is 26.2 Å². The van der Waals surface area contributed by atoms with Gasteiger partial charge in [-0.05, 0) is 62.7 Å². The summed E-state index contributed by atoms with van der Waals surface area (Å²) in [5.74, 6) is 3.78. The first-order valence-electron chi connectivity index (χ1n) is 8.96. The SMILES string of the molecule is CC(C(=O)NC1C2CC3CC(C2)CC1C3)N1CCNCC1. The maximum absolute atomic E-state index is 12.7. The minimum atomic E-state index is 0.0317. The van der Waals surface area contributed by atoms with E-state index in [9.17, 15) is 4.79 Å². The number of hydrogen-bond acceptors (Lipinski definition) is 3. The normalized spacial score (nSPS) is 43.8. The number of carbonyl (C=O) groups excluding carboxylic acids is 1. The van der Waals surface area contributed by atoms with Gasteiger partial charge in [-0.2, -0.15) is 0 Å². The molecule has 4 bridgehead atoms. The lowest BCUT2D eigenvalue weighted by molar-refractivity contribution is -0.130. The highest BCUT2D eigenvalue weighted by atomic mass is 16.2. The highest BCUT2D eigenvalue weighted by molar-refractivity contribution is 5.81. The fourth-order valence-electron chi connectivity index (χ4n) is 5.68. The molecule has 118 valence electrons. The van der Waals surface area contributed by atoms with Crippen molar-refractivity contribution in [2.24, 2.45) is 23.7 Å². The summed E-state index contributed by atoms with van der Waals surface area (Å²) in [6.45, 7) is 6.09. The molecule has 5 rings (SSSR count). The zero-order valence-electron chi connectivity index (χ0n) is 13.2. The van der Waals surface area contributed by atoms with Gasteiger partial charge in [0, 0.05) is 32.2 Å². The van der Waals surface area contributed by atoms with Crippen LogP contribution in [0.2, 0.25) is 0 Å². The van der Waals surface area contributed by atoms with E-state index in [1.165, 1.54) is 32.1 Å². The molecule has 2 N–H and O–H groups in total. The molecule has 1 heterocycles. The van der Waals surface area contributed by atoms with Gasteiger partial charge in [0.15, 0.2) is 0 Å². The zero-order chi connectivity index (χ0) is 14.4. The van der Waals surface area contributed by atoms with E-state index in [1.54, 1.807) is 0 Å². The Morgan fingerprint density at radius 1 is 1.05 bits per heavy atom. The van der Waals surface area contributed by atoms with Crippen LogP contribution in [0, 0.1) is 23.7 Å². The average Bonchev–Trinajstić information content (AvgIpc) is 2.50. The van der Waals surface area contributed by atoms with Crippen LogP contribution in [0.25, 0.3) is 0 Å². The van der Waals surface area contributed by atoms with Gasteiger partial charge in [-0.15, -0.1) is 0 Å². The monoisotopic (exact) mass is 291 g/mol. The number of piperazine rings is 1. The minimum absolute atomic E-state index is 0.0317. The fraction of sp³-hybridized carbons (Fsp3) is 0.941. The van der Waals surface area contributed by atoms with E-state index in [-0.39, 0.29) is 11.9 Å². The Kier molecular flexibility index (Phi) is 3.70. The van der Waals surface area contributed by atoms with E-state index < -0.39 is 0 Å². The van der Waals surface area contributed by atoms with Crippen molar-refractivity contribution >= 4 is 5.91 Å². The van der Waals surface area contributed by atoms with Crippen LogP contribution >= 0.6 is 0 Å². The highest BCUT2D eigenvalue weighted by Gasteiger charge is 2.48. The Balaban J connectivity index is 1.38. The van der Waals surface area contributed by atoms with Gasteiger partial charge >= 0.3 is 0 Å². The minimum Gasteiger partial charge on any atom is -0.351 e. The van der Waals surface area contributed by atoms with Crippen molar-refractivity contribution in [3.8, 4) is 0 Å². The summed E-state index contributed by atoms with van der Waals surface area (Å²) >= 11 is 0. The second-order valence-electron chi connectivity index (χ2n) is 7.93. The summed E-state index contributed by atoms with van der Waals surface area (Å²) in [7, 11) is 0. The Morgan fingerprint density at radius 3 is 2.19 bits per heavy atom. The number of amides is 1. The Labute approximate surface area is 128 Å². The average molecular weight is 291 g/mol. The lowest BCUT2D eigenvalue weighted by Gasteiger charge is -2.54. The molecule has 4 nitrogen and oxygen atoms in total. The van der Waals surface area contributed by atoms with Crippen molar-refractivity contribution in [2.45, 2.75) is 51.1 Å². The quantitative estimate of drug-likeness (QED) is 0.822. The first kappa shape index (κ1) is 14.0. The number of carbonyl (C=O) groups is 1. The van der Waals surface area contributed by atoms with Gasteiger partial charge in [-0.3, -0.25) is 9.69 Å². The summed E-state index contributed by atoms with van der Waals surface area (Å²) in [5.41, 5.74) is 0. The summed E-state index contributed by atoms with van der Waals surface area (Å²) in [4.78, 5) is 15.0. The molecule has 0 aromatic carbocycles. The van der Waals surface area contributed by atoms with Gasteiger partial charge in [0.05, 0.1) is 6.04 Å². The van der Waals surface area contributed by atoms with Crippen LogP contribution in [-0.2, 0) is 4.79 Å². The fourth-order valence-corrected chi connectivity index (χ4v) is 5.68. The lowest BCUT2D eigenvalue weighted by atomic mass is 9.54. The van der Waals surface area contributed by atoms with E-state index in [4.69, 9.17) is 0 Å². The molecule has 1 saturated heterocycles.